The Labute approximate surface area is 211 Å². The molecular formula is C29H31FN2O4. The second-order valence-corrected chi connectivity index (χ2v) is 8.80. The molecule has 1 fully saturated rings. The van der Waals surface area contributed by atoms with Crippen LogP contribution in [0.2, 0.25) is 0 Å². The lowest BCUT2D eigenvalue weighted by Crippen LogP contribution is -2.35. The molecule has 1 heterocycles. The minimum absolute atomic E-state index is 0.00590. The van der Waals surface area contributed by atoms with Gasteiger partial charge in [0.05, 0.1) is 6.42 Å². The van der Waals surface area contributed by atoms with Crippen molar-refractivity contribution >= 4 is 11.7 Å². The molecule has 0 aromatic heterocycles. The number of rotatable bonds is 11. The predicted octanol–water partition coefficient (Wildman–Crippen LogP) is 5.41. The molecule has 6 nitrogen and oxygen atoms in total. The van der Waals surface area contributed by atoms with Crippen LogP contribution in [-0.2, 0) is 16.1 Å². The standard InChI is InChI=1S/C29H31FN2O4/c30-29-25(20-28(33)34)10-7-11-27(29)35-18-19-36-31-26(21-32-16-5-2-6-17-32)24-14-12-23(13-15-24)22-8-3-1-4-9-22/h1,3-4,7-15H,2,5-6,16-21H2,(H,33,34)/b31-26+. The normalized spacial score (nSPS) is 14.4. The van der Waals surface area contributed by atoms with Gasteiger partial charge in [-0.1, -0.05) is 78.3 Å². The molecule has 0 spiro atoms. The zero-order valence-electron chi connectivity index (χ0n) is 20.2. The summed E-state index contributed by atoms with van der Waals surface area (Å²) in [5, 5.41) is 13.3. The molecule has 3 aromatic rings. The van der Waals surface area contributed by atoms with E-state index in [1.54, 1.807) is 6.07 Å². The minimum atomic E-state index is -1.10. The van der Waals surface area contributed by atoms with Gasteiger partial charge in [0.2, 0.25) is 0 Å². The van der Waals surface area contributed by atoms with Gasteiger partial charge in [0, 0.05) is 17.7 Å². The van der Waals surface area contributed by atoms with E-state index >= 15 is 0 Å². The first-order valence-electron chi connectivity index (χ1n) is 12.3. The van der Waals surface area contributed by atoms with Crippen molar-refractivity contribution in [3.8, 4) is 16.9 Å². The predicted molar refractivity (Wildman–Crippen MR) is 138 cm³/mol. The number of halogens is 1. The maximum absolute atomic E-state index is 14.4. The average molecular weight is 491 g/mol. The van der Waals surface area contributed by atoms with Gasteiger partial charge in [0.25, 0.3) is 0 Å². The highest BCUT2D eigenvalue weighted by atomic mass is 19.1. The number of piperidine rings is 1. The van der Waals surface area contributed by atoms with Crippen molar-refractivity contribution in [3.05, 3.63) is 89.7 Å². The number of likely N-dealkylation sites (tertiary alicyclic amines) is 1. The number of aliphatic carboxylic acids is 1. The molecule has 36 heavy (non-hydrogen) atoms. The second-order valence-electron chi connectivity index (χ2n) is 8.80. The van der Waals surface area contributed by atoms with Crippen molar-refractivity contribution in [1.82, 2.24) is 4.90 Å². The molecular weight excluding hydrogens is 459 g/mol. The molecule has 1 aliphatic rings. The highest BCUT2D eigenvalue weighted by Gasteiger charge is 2.15. The molecule has 0 radical (unpaired) electrons. The molecule has 188 valence electrons. The van der Waals surface area contributed by atoms with Crippen LogP contribution in [0.3, 0.4) is 0 Å². The van der Waals surface area contributed by atoms with Gasteiger partial charge in [0.1, 0.15) is 12.3 Å². The van der Waals surface area contributed by atoms with Crippen LogP contribution in [0.5, 0.6) is 5.75 Å². The summed E-state index contributed by atoms with van der Waals surface area (Å²) in [6.45, 7) is 2.98. The van der Waals surface area contributed by atoms with Gasteiger partial charge < -0.3 is 14.7 Å². The number of nitrogens with zero attached hydrogens (tertiary/aromatic N) is 2. The molecule has 0 amide bonds. The van der Waals surface area contributed by atoms with Crippen LogP contribution in [0.4, 0.5) is 4.39 Å². The number of oxime groups is 1. The summed E-state index contributed by atoms with van der Waals surface area (Å²) in [4.78, 5) is 18.9. The van der Waals surface area contributed by atoms with Crippen molar-refractivity contribution in [2.24, 2.45) is 5.16 Å². The Hall–Kier alpha value is -3.71. The molecule has 0 bridgehead atoms. The Bertz CT molecular complexity index is 1160. The molecule has 1 saturated heterocycles. The van der Waals surface area contributed by atoms with E-state index in [4.69, 9.17) is 14.7 Å². The number of ether oxygens (including phenoxy) is 1. The molecule has 0 unspecified atom stereocenters. The lowest BCUT2D eigenvalue weighted by molar-refractivity contribution is -0.136. The number of hydrogen-bond donors (Lipinski definition) is 1. The van der Waals surface area contributed by atoms with Crippen molar-refractivity contribution in [1.29, 1.82) is 0 Å². The fourth-order valence-corrected chi connectivity index (χ4v) is 4.27. The van der Waals surface area contributed by atoms with Gasteiger partial charge in [-0.3, -0.25) is 9.69 Å². The van der Waals surface area contributed by atoms with E-state index in [1.165, 1.54) is 31.4 Å². The first-order valence-corrected chi connectivity index (χ1v) is 12.3. The van der Waals surface area contributed by atoms with Gasteiger partial charge in [-0.05, 0) is 43.1 Å². The first-order chi connectivity index (χ1) is 17.6. The largest absolute Gasteiger partial charge is 0.487 e. The summed E-state index contributed by atoms with van der Waals surface area (Å²) >= 11 is 0. The van der Waals surface area contributed by atoms with E-state index in [2.05, 4.69) is 46.5 Å². The van der Waals surface area contributed by atoms with Crippen LogP contribution < -0.4 is 4.74 Å². The van der Waals surface area contributed by atoms with Gasteiger partial charge >= 0.3 is 5.97 Å². The first kappa shape index (κ1) is 25.4. The Morgan fingerprint density at radius 1 is 0.889 bits per heavy atom. The van der Waals surface area contributed by atoms with Crippen LogP contribution in [0.15, 0.2) is 78.0 Å². The number of hydrogen-bond acceptors (Lipinski definition) is 5. The van der Waals surface area contributed by atoms with Crippen LogP contribution in [-0.4, -0.2) is 54.5 Å². The van der Waals surface area contributed by atoms with Gasteiger partial charge in [0.15, 0.2) is 18.2 Å². The highest BCUT2D eigenvalue weighted by Crippen LogP contribution is 2.22. The van der Waals surface area contributed by atoms with E-state index in [0.29, 0.717) is 6.54 Å². The fraction of sp³-hybridized carbons (Fsp3) is 0.310. The second kappa shape index (κ2) is 12.8. The van der Waals surface area contributed by atoms with E-state index in [9.17, 15) is 9.18 Å². The number of benzene rings is 3. The van der Waals surface area contributed by atoms with Crippen LogP contribution in [0.1, 0.15) is 30.4 Å². The Balaban J connectivity index is 1.40. The summed E-state index contributed by atoms with van der Waals surface area (Å²) in [7, 11) is 0. The van der Waals surface area contributed by atoms with E-state index in [0.717, 1.165) is 35.5 Å². The Morgan fingerprint density at radius 3 is 2.33 bits per heavy atom. The van der Waals surface area contributed by atoms with Crippen molar-refractivity contribution < 1.29 is 23.9 Å². The molecule has 0 aliphatic carbocycles. The summed E-state index contributed by atoms with van der Waals surface area (Å²) in [6, 6.07) is 23.0. The van der Waals surface area contributed by atoms with Crippen molar-refractivity contribution in [3.63, 3.8) is 0 Å². The molecule has 3 aromatic carbocycles. The highest BCUT2D eigenvalue weighted by molar-refractivity contribution is 6.02. The topological polar surface area (TPSA) is 71.4 Å². The monoisotopic (exact) mass is 490 g/mol. The average Bonchev–Trinajstić information content (AvgIpc) is 2.91. The molecule has 1 N–H and O–H groups in total. The van der Waals surface area contributed by atoms with Crippen LogP contribution in [0, 0.1) is 5.82 Å². The Kier molecular flexibility index (Phi) is 9.05. The smallest absolute Gasteiger partial charge is 0.307 e. The third-order valence-electron chi connectivity index (χ3n) is 6.14. The zero-order chi connectivity index (χ0) is 25.2. The lowest BCUT2D eigenvalue weighted by Gasteiger charge is -2.26. The van der Waals surface area contributed by atoms with E-state index < -0.39 is 18.2 Å². The molecule has 0 saturated carbocycles. The lowest BCUT2D eigenvalue weighted by atomic mass is 10.0. The maximum Gasteiger partial charge on any atom is 0.307 e. The minimum Gasteiger partial charge on any atom is -0.487 e. The van der Waals surface area contributed by atoms with Gasteiger partial charge in [-0.15, -0.1) is 0 Å². The molecule has 0 atom stereocenters. The number of carbonyl (C=O) groups is 1. The summed E-state index contributed by atoms with van der Waals surface area (Å²) in [6.07, 6.45) is 3.22. The molecule has 1 aliphatic heterocycles. The van der Waals surface area contributed by atoms with Crippen molar-refractivity contribution in [2.45, 2.75) is 25.7 Å². The van der Waals surface area contributed by atoms with Gasteiger partial charge in [-0.2, -0.15) is 0 Å². The Morgan fingerprint density at radius 2 is 1.61 bits per heavy atom. The van der Waals surface area contributed by atoms with E-state index in [1.807, 2.05) is 18.2 Å². The quantitative estimate of drug-likeness (QED) is 0.221. The summed E-state index contributed by atoms with van der Waals surface area (Å²) in [5.74, 6) is -1.75. The third kappa shape index (κ3) is 7.15. The van der Waals surface area contributed by atoms with E-state index in [-0.39, 0.29) is 24.5 Å². The number of carboxylic acid groups (broad SMARTS) is 1. The maximum atomic E-state index is 14.4. The zero-order valence-corrected chi connectivity index (χ0v) is 20.2. The van der Waals surface area contributed by atoms with Gasteiger partial charge in [-0.25, -0.2) is 4.39 Å². The van der Waals surface area contributed by atoms with Crippen molar-refractivity contribution in [2.75, 3.05) is 32.8 Å². The SMILES string of the molecule is O=C(O)Cc1cccc(OCCO/N=C(\CN2CCCCC2)c2ccc(-c3ccccc3)cc2)c1F. The van der Waals surface area contributed by atoms with Crippen LogP contribution in [0.25, 0.3) is 11.1 Å². The summed E-state index contributed by atoms with van der Waals surface area (Å²) in [5.41, 5.74) is 4.21. The fourth-order valence-electron chi connectivity index (χ4n) is 4.27. The summed E-state index contributed by atoms with van der Waals surface area (Å²) < 4.78 is 19.9. The number of carboxylic acids is 1. The molecule has 7 heteroatoms. The third-order valence-corrected chi connectivity index (χ3v) is 6.14. The molecule has 4 rings (SSSR count). The van der Waals surface area contributed by atoms with Crippen LogP contribution >= 0.6 is 0 Å².